The summed E-state index contributed by atoms with van der Waals surface area (Å²) in [5.74, 6) is -1.07. The summed E-state index contributed by atoms with van der Waals surface area (Å²) < 4.78 is 11.3. The van der Waals surface area contributed by atoms with Crippen molar-refractivity contribution in [3.63, 3.8) is 0 Å². The van der Waals surface area contributed by atoms with Crippen molar-refractivity contribution in [1.82, 2.24) is 10.2 Å². The third-order valence-corrected chi connectivity index (χ3v) is 14.3. The van der Waals surface area contributed by atoms with Gasteiger partial charge >= 0.3 is 12.1 Å². The van der Waals surface area contributed by atoms with Crippen LogP contribution in [-0.2, 0) is 37.1 Å². The van der Waals surface area contributed by atoms with Gasteiger partial charge in [0, 0.05) is 32.0 Å². The molecule has 1 N–H and O–H groups in total. The highest BCUT2D eigenvalue weighted by atomic mass is 32.2. The van der Waals surface area contributed by atoms with Crippen molar-refractivity contribution < 1.29 is 33.6 Å². The summed E-state index contributed by atoms with van der Waals surface area (Å²) in [6.07, 6.45) is -0.110. The van der Waals surface area contributed by atoms with Gasteiger partial charge in [-0.25, -0.2) is 9.59 Å². The first-order valence-electron chi connectivity index (χ1n) is 17.6. The summed E-state index contributed by atoms with van der Waals surface area (Å²) in [5, 5.41) is 15.4. The van der Waals surface area contributed by atoms with Gasteiger partial charge in [-0.3, -0.25) is 24.6 Å². The molecule has 1 aliphatic heterocycles. The Morgan fingerprint density at radius 3 is 1.73 bits per heavy atom. The molecule has 0 aliphatic carbocycles. The molecule has 0 radical (unpaired) electrons. The van der Waals surface area contributed by atoms with E-state index in [1.165, 1.54) is 29.2 Å². The zero-order chi connectivity index (χ0) is 38.6. The van der Waals surface area contributed by atoms with Crippen LogP contribution in [0.1, 0.15) is 30.4 Å². The Kier molecular flexibility index (Phi) is 12.9. The van der Waals surface area contributed by atoms with Crippen molar-refractivity contribution in [2.45, 2.75) is 37.9 Å². The number of carbonyl (C=O) groups excluding carboxylic acids is 4. The molecule has 0 spiro atoms. The SMILES string of the molecule is O=C(NCCCC(=O)S[C@H]1CC(=O)N1C(C(=O)OCc1ccc([N+](=O)[O-])cc1)=P(c1ccccc1)(c1ccccc1)c1ccccc1)OCc1ccccc1. The Morgan fingerprint density at radius 1 is 0.727 bits per heavy atom. The van der Waals surface area contributed by atoms with Gasteiger partial charge in [-0.2, -0.15) is 0 Å². The van der Waals surface area contributed by atoms with Gasteiger partial charge in [0.1, 0.15) is 18.6 Å². The molecule has 1 fully saturated rings. The van der Waals surface area contributed by atoms with Crippen LogP contribution in [0.25, 0.3) is 0 Å². The number of alkyl carbamates (subject to hydrolysis) is 1. The number of hydrogen-bond donors (Lipinski definition) is 1. The van der Waals surface area contributed by atoms with Crippen LogP contribution in [-0.4, -0.2) is 50.2 Å². The molecule has 11 nitrogen and oxygen atoms in total. The number of nitrogens with zero attached hydrogens (tertiary/aromatic N) is 2. The summed E-state index contributed by atoms with van der Waals surface area (Å²) >= 11 is 0.978. The summed E-state index contributed by atoms with van der Waals surface area (Å²) in [7, 11) is 0. The molecule has 2 amide bonds. The number of β-lactam (4-membered cyclic amide) rings is 1. The molecule has 1 atom stereocenters. The van der Waals surface area contributed by atoms with Crippen molar-refractivity contribution in [3.8, 4) is 0 Å². The molecule has 1 aliphatic rings. The molecule has 1 saturated heterocycles. The van der Waals surface area contributed by atoms with E-state index in [1.54, 1.807) is 0 Å². The highest BCUT2D eigenvalue weighted by Gasteiger charge is 2.48. The van der Waals surface area contributed by atoms with E-state index < -0.39 is 29.2 Å². The number of nitrogens with one attached hydrogen (secondary N) is 1. The number of amides is 2. The second-order valence-corrected chi connectivity index (χ2v) is 17.1. The van der Waals surface area contributed by atoms with Crippen LogP contribution in [0.2, 0.25) is 0 Å². The number of likely N-dealkylation sites (tertiary alicyclic amines) is 1. The fourth-order valence-electron chi connectivity index (χ4n) is 6.24. The first-order chi connectivity index (χ1) is 26.8. The van der Waals surface area contributed by atoms with E-state index in [0.29, 0.717) is 12.0 Å². The first-order valence-corrected chi connectivity index (χ1v) is 20.2. The van der Waals surface area contributed by atoms with E-state index in [1.807, 2.05) is 121 Å². The number of benzene rings is 5. The van der Waals surface area contributed by atoms with Crippen molar-refractivity contribution >= 4 is 68.8 Å². The van der Waals surface area contributed by atoms with Gasteiger partial charge in [-0.1, -0.05) is 133 Å². The summed E-state index contributed by atoms with van der Waals surface area (Å²) in [6.45, 7) is -3.07. The van der Waals surface area contributed by atoms with E-state index >= 15 is 0 Å². The molecule has 5 aromatic carbocycles. The average molecular weight is 776 g/mol. The minimum Gasteiger partial charge on any atom is -0.456 e. The number of thioether (sulfide) groups is 1. The van der Waals surface area contributed by atoms with Crippen molar-refractivity contribution in [2.24, 2.45) is 0 Å². The fraction of sp³-hybridized carbons (Fsp3) is 0.167. The Hall–Kier alpha value is -5.97. The number of non-ortho nitro benzene ring substituents is 1. The lowest BCUT2D eigenvalue weighted by Crippen LogP contribution is -2.58. The Balaban J connectivity index is 1.32. The molecule has 5 aromatic rings. The Bertz CT molecular complexity index is 2090. The van der Waals surface area contributed by atoms with Crippen molar-refractivity contribution in [1.29, 1.82) is 0 Å². The quantitative estimate of drug-likeness (QED) is 0.0324. The summed E-state index contributed by atoms with van der Waals surface area (Å²) in [5.41, 5.74) is 1.41. The Morgan fingerprint density at radius 2 is 1.22 bits per heavy atom. The van der Waals surface area contributed by atoms with E-state index in [2.05, 4.69) is 5.32 Å². The third-order valence-electron chi connectivity index (χ3n) is 8.89. The van der Waals surface area contributed by atoms with E-state index in [4.69, 9.17) is 9.47 Å². The third kappa shape index (κ3) is 9.23. The predicted molar refractivity (Wildman–Crippen MR) is 215 cm³/mol. The van der Waals surface area contributed by atoms with Gasteiger partial charge in [0.25, 0.3) is 5.69 Å². The molecule has 1 heterocycles. The van der Waals surface area contributed by atoms with Gasteiger partial charge in [-0.15, -0.1) is 0 Å². The number of carbonyl (C=O) groups is 4. The highest BCUT2D eigenvalue weighted by molar-refractivity contribution is 8.14. The number of ether oxygens (including phenoxy) is 2. The van der Waals surface area contributed by atoms with Crippen LogP contribution < -0.4 is 21.2 Å². The zero-order valence-corrected chi connectivity index (χ0v) is 31.4. The number of nitro groups is 1. The Labute approximate surface area is 322 Å². The highest BCUT2D eigenvalue weighted by Crippen LogP contribution is 2.49. The standard InChI is InChI=1S/C42H38N3O8PS/c46-37-28-38(55-39(47)22-13-27-43-42(49)53-30-31-14-5-1-6-15-31)44(37)40(41(48)52-29-32-23-25-33(26-24-32)45(50)51)54(34-16-7-2-8-17-34,35-18-9-3-10-19-35)36-20-11-4-12-21-36/h1-12,14-21,23-26,38H,13,22,27-30H2,(H,43,49)/t38-/m0/s1. The molecular weight excluding hydrogens is 738 g/mol. The van der Waals surface area contributed by atoms with Crippen molar-refractivity contribution in [2.75, 3.05) is 6.54 Å². The van der Waals surface area contributed by atoms with Crippen LogP contribution in [0.15, 0.2) is 146 Å². The average Bonchev–Trinajstić information content (AvgIpc) is 3.22. The topological polar surface area (TPSA) is 145 Å². The van der Waals surface area contributed by atoms with Gasteiger partial charge in [0.15, 0.2) is 5.12 Å². The molecule has 0 saturated carbocycles. The van der Waals surface area contributed by atoms with Gasteiger partial charge in [0.05, 0.1) is 16.7 Å². The molecule has 13 heteroatoms. The van der Waals surface area contributed by atoms with Crippen LogP contribution in [0.3, 0.4) is 0 Å². The smallest absolute Gasteiger partial charge is 0.407 e. The molecule has 0 aromatic heterocycles. The maximum Gasteiger partial charge on any atom is 0.407 e. The maximum absolute atomic E-state index is 14.8. The lowest BCUT2D eigenvalue weighted by Gasteiger charge is -2.44. The van der Waals surface area contributed by atoms with Crippen LogP contribution in [0, 0.1) is 10.1 Å². The maximum atomic E-state index is 14.8. The van der Waals surface area contributed by atoms with E-state index in [0.717, 1.165) is 33.2 Å². The van der Waals surface area contributed by atoms with Crippen LogP contribution in [0.4, 0.5) is 10.5 Å². The zero-order valence-electron chi connectivity index (χ0n) is 29.7. The van der Waals surface area contributed by atoms with Crippen molar-refractivity contribution in [3.05, 3.63) is 167 Å². The van der Waals surface area contributed by atoms with Gasteiger partial charge in [0.2, 0.25) is 5.91 Å². The molecule has 6 rings (SSSR count). The molecular formula is C42H38N3O8PS. The largest absolute Gasteiger partial charge is 0.456 e. The van der Waals surface area contributed by atoms with Crippen LogP contribution in [0.5, 0.6) is 0 Å². The lowest BCUT2D eigenvalue weighted by molar-refractivity contribution is -0.384. The lowest BCUT2D eigenvalue weighted by atomic mass is 10.2. The van der Waals surface area contributed by atoms with E-state index in [9.17, 15) is 29.3 Å². The molecule has 0 unspecified atom stereocenters. The number of nitro benzene ring substituents is 1. The second-order valence-electron chi connectivity index (χ2n) is 12.5. The van der Waals surface area contributed by atoms with Crippen LogP contribution >= 0.6 is 18.6 Å². The fourth-order valence-corrected chi connectivity index (χ4v) is 11.8. The summed E-state index contributed by atoms with van der Waals surface area (Å²) in [4.78, 5) is 66.4. The van der Waals surface area contributed by atoms with Gasteiger partial charge in [-0.05, 0) is 45.6 Å². The normalized spacial score (nSPS) is 13.6. The number of esters is 1. The molecule has 0 bridgehead atoms. The van der Waals surface area contributed by atoms with Gasteiger partial charge < -0.3 is 14.8 Å². The first kappa shape index (κ1) is 38.7. The monoisotopic (exact) mass is 775 g/mol. The second kappa shape index (κ2) is 18.4. The summed E-state index contributed by atoms with van der Waals surface area (Å²) in [6, 6.07) is 43.6. The number of hydrogen-bond acceptors (Lipinski definition) is 9. The molecule has 280 valence electrons. The molecule has 55 heavy (non-hydrogen) atoms. The van der Waals surface area contributed by atoms with E-state index in [-0.39, 0.29) is 54.7 Å². The minimum absolute atomic E-state index is 0.0258. The predicted octanol–water partition coefficient (Wildman–Crippen LogP) is 6.29. The minimum atomic E-state index is -3.20. The number of rotatable bonds is 15.